The van der Waals surface area contributed by atoms with Crippen LogP contribution in [0.1, 0.15) is 42.5 Å². The van der Waals surface area contributed by atoms with Gasteiger partial charge in [-0.1, -0.05) is 69.3 Å². The number of aromatic nitrogens is 1. The molecule has 3 heteroatoms. The molecule has 1 heterocycles. The van der Waals surface area contributed by atoms with E-state index in [-0.39, 0.29) is 0 Å². The van der Waals surface area contributed by atoms with Crippen LogP contribution in [0.3, 0.4) is 0 Å². The minimum absolute atomic E-state index is 0.604. The molecule has 3 rings (SSSR count). The quantitative estimate of drug-likeness (QED) is 0.455. The van der Waals surface area contributed by atoms with Crippen molar-refractivity contribution in [3.8, 4) is 17.3 Å². The van der Waals surface area contributed by atoms with Crippen LogP contribution in [-0.4, -0.2) is 4.98 Å². The van der Waals surface area contributed by atoms with Crippen LogP contribution in [0.2, 0.25) is 0 Å². The summed E-state index contributed by atoms with van der Waals surface area (Å²) in [6.45, 7) is 6.59. The summed E-state index contributed by atoms with van der Waals surface area (Å²) in [5.74, 6) is 0.649. The molecule has 0 saturated heterocycles. The van der Waals surface area contributed by atoms with Crippen LogP contribution in [0.15, 0.2) is 53.9 Å². The third kappa shape index (κ3) is 4.93. The number of allylic oxidation sites excluding steroid dienone is 1. The summed E-state index contributed by atoms with van der Waals surface area (Å²) in [6.07, 6.45) is 4.01. The molecule has 0 amide bonds. The zero-order valence-electron chi connectivity index (χ0n) is 16.1. The van der Waals surface area contributed by atoms with Crippen LogP contribution in [0.5, 0.6) is 0 Å². The molecule has 0 aliphatic heterocycles. The van der Waals surface area contributed by atoms with Gasteiger partial charge in [0.25, 0.3) is 0 Å². The van der Waals surface area contributed by atoms with E-state index in [1.165, 1.54) is 22.5 Å². The molecule has 1 aromatic heterocycles. The molecule has 0 N–H and O–H groups in total. The molecule has 0 aliphatic carbocycles. The van der Waals surface area contributed by atoms with Gasteiger partial charge in [-0.25, -0.2) is 4.98 Å². The van der Waals surface area contributed by atoms with Gasteiger partial charge in [0.1, 0.15) is 11.1 Å². The number of nitriles is 1. The summed E-state index contributed by atoms with van der Waals surface area (Å²) in [6, 6.07) is 19.2. The third-order valence-corrected chi connectivity index (χ3v) is 5.32. The SMILES string of the molecule is CCc1ccc(C=C(C#N)c2nc(-c3ccc(CC(C)C)cc3)cs2)cc1. The van der Waals surface area contributed by atoms with Crippen LogP contribution in [0, 0.1) is 17.2 Å². The summed E-state index contributed by atoms with van der Waals surface area (Å²) in [5.41, 5.74) is 6.29. The second-order valence-corrected chi connectivity index (χ2v) is 7.96. The normalized spacial score (nSPS) is 11.6. The lowest BCUT2D eigenvalue weighted by atomic mass is 10.0. The smallest absolute Gasteiger partial charge is 0.134 e. The second-order valence-electron chi connectivity index (χ2n) is 7.10. The van der Waals surface area contributed by atoms with Crippen LogP contribution in [0.25, 0.3) is 22.9 Å². The van der Waals surface area contributed by atoms with Crippen molar-refractivity contribution in [3.63, 3.8) is 0 Å². The number of benzene rings is 2. The summed E-state index contributed by atoms with van der Waals surface area (Å²) < 4.78 is 0. The second kappa shape index (κ2) is 8.79. The largest absolute Gasteiger partial charge is 0.235 e. The van der Waals surface area contributed by atoms with Crippen LogP contribution in [0.4, 0.5) is 0 Å². The van der Waals surface area contributed by atoms with Gasteiger partial charge in [0.05, 0.1) is 11.3 Å². The third-order valence-electron chi connectivity index (χ3n) is 4.45. The van der Waals surface area contributed by atoms with E-state index in [2.05, 4.69) is 75.4 Å². The molecule has 0 saturated carbocycles. The van der Waals surface area contributed by atoms with Crippen molar-refractivity contribution in [1.29, 1.82) is 5.26 Å². The van der Waals surface area contributed by atoms with Crippen molar-refractivity contribution in [2.24, 2.45) is 5.92 Å². The van der Waals surface area contributed by atoms with Gasteiger partial charge in [-0.15, -0.1) is 11.3 Å². The van der Waals surface area contributed by atoms with Gasteiger partial charge in [-0.3, -0.25) is 0 Å². The number of aryl methyl sites for hydroxylation is 1. The zero-order chi connectivity index (χ0) is 19.2. The van der Waals surface area contributed by atoms with Crippen LogP contribution in [-0.2, 0) is 12.8 Å². The summed E-state index contributed by atoms with van der Waals surface area (Å²) in [4.78, 5) is 4.70. The highest BCUT2D eigenvalue weighted by molar-refractivity contribution is 7.11. The molecule has 0 atom stereocenters. The maximum absolute atomic E-state index is 9.59. The molecule has 2 aromatic carbocycles. The van der Waals surface area contributed by atoms with Gasteiger partial charge in [-0.2, -0.15) is 5.26 Å². The molecule has 0 spiro atoms. The first-order chi connectivity index (χ1) is 13.1. The standard InChI is InChI=1S/C24H24N2S/c1-4-18-5-7-20(8-6-18)14-22(15-25)24-26-23(16-27-24)21-11-9-19(10-12-21)13-17(2)3/h5-12,14,16-17H,4,13H2,1-3H3. The van der Waals surface area contributed by atoms with E-state index >= 15 is 0 Å². The van der Waals surface area contributed by atoms with E-state index in [0.29, 0.717) is 11.5 Å². The van der Waals surface area contributed by atoms with Gasteiger partial charge >= 0.3 is 0 Å². The predicted octanol–water partition coefficient (Wildman–Crippen LogP) is 6.64. The van der Waals surface area contributed by atoms with Gasteiger partial charge in [-0.05, 0) is 41.5 Å². The van der Waals surface area contributed by atoms with E-state index in [0.717, 1.165) is 34.7 Å². The van der Waals surface area contributed by atoms with E-state index in [4.69, 9.17) is 4.98 Å². The lowest BCUT2D eigenvalue weighted by molar-refractivity contribution is 0.647. The van der Waals surface area contributed by atoms with Gasteiger partial charge in [0, 0.05) is 10.9 Å². The first-order valence-electron chi connectivity index (χ1n) is 9.35. The molecule has 0 bridgehead atoms. The molecule has 136 valence electrons. The zero-order valence-corrected chi connectivity index (χ0v) is 16.9. The Kier molecular flexibility index (Phi) is 6.21. The monoisotopic (exact) mass is 372 g/mol. The van der Waals surface area contributed by atoms with E-state index in [1.54, 1.807) is 0 Å². The Morgan fingerprint density at radius 2 is 1.74 bits per heavy atom. The summed E-state index contributed by atoms with van der Waals surface area (Å²) in [7, 11) is 0. The Labute approximate surface area is 165 Å². The van der Waals surface area contributed by atoms with Gasteiger partial charge in [0.2, 0.25) is 0 Å². The van der Waals surface area contributed by atoms with Crippen molar-refractivity contribution >= 4 is 23.0 Å². The van der Waals surface area contributed by atoms with Crippen molar-refractivity contribution in [3.05, 3.63) is 75.6 Å². The topological polar surface area (TPSA) is 36.7 Å². The highest BCUT2D eigenvalue weighted by Crippen LogP contribution is 2.27. The first kappa shape index (κ1) is 19.1. The molecule has 0 aliphatic rings. The lowest BCUT2D eigenvalue weighted by Gasteiger charge is -2.05. The van der Waals surface area contributed by atoms with E-state index in [1.807, 2.05) is 11.5 Å². The Balaban J connectivity index is 1.82. The number of hydrogen-bond acceptors (Lipinski definition) is 3. The molecule has 27 heavy (non-hydrogen) atoms. The van der Waals surface area contributed by atoms with Crippen molar-refractivity contribution in [2.75, 3.05) is 0 Å². The van der Waals surface area contributed by atoms with E-state index < -0.39 is 0 Å². The fourth-order valence-corrected chi connectivity index (χ4v) is 3.77. The fraction of sp³-hybridized carbons (Fsp3) is 0.250. The highest BCUT2D eigenvalue weighted by atomic mass is 32.1. The minimum Gasteiger partial charge on any atom is -0.235 e. The lowest BCUT2D eigenvalue weighted by Crippen LogP contribution is -1.93. The molecule has 2 nitrogen and oxygen atoms in total. The average Bonchev–Trinajstić information content (AvgIpc) is 3.16. The number of thiazole rings is 1. The molecular weight excluding hydrogens is 348 g/mol. The van der Waals surface area contributed by atoms with Gasteiger partial charge in [0.15, 0.2) is 0 Å². The van der Waals surface area contributed by atoms with Crippen molar-refractivity contribution in [1.82, 2.24) is 4.98 Å². The molecule has 0 radical (unpaired) electrons. The first-order valence-corrected chi connectivity index (χ1v) is 10.2. The Hall–Kier alpha value is -2.70. The Morgan fingerprint density at radius 3 is 2.33 bits per heavy atom. The van der Waals surface area contributed by atoms with Crippen LogP contribution >= 0.6 is 11.3 Å². The summed E-state index contributed by atoms with van der Waals surface area (Å²) in [5, 5.41) is 12.4. The maximum atomic E-state index is 9.59. The highest BCUT2D eigenvalue weighted by Gasteiger charge is 2.09. The van der Waals surface area contributed by atoms with Gasteiger partial charge < -0.3 is 0 Å². The molecular formula is C24H24N2S. The average molecular weight is 373 g/mol. The Morgan fingerprint density at radius 1 is 1.07 bits per heavy atom. The number of hydrogen-bond donors (Lipinski definition) is 0. The predicted molar refractivity (Wildman–Crippen MR) is 115 cm³/mol. The maximum Gasteiger partial charge on any atom is 0.134 e. The summed E-state index contributed by atoms with van der Waals surface area (Å²) >= 11 is 1.52. The minimum atomic E-state index is 0.604. The Bertz CT molecular complexity index is 955. The molecule has 3 aromatic rings. The number of nitrogens with zero attached hydrogens (tertiary/aromatic N) is 2. The van der Waals surface area contributed by atoms with Crippen LogP contribution < -0.4 is 0 Å². The molecule has 0 unspecified atom stereocenters. The van der Waals surface area contributed by atoms with E-state index in [9.17, 15) is 5.26 Å². The number of rotatable bonds is 6. The van der Waals surface area contributed by atoms with Crippen molar-refractivity contribution in [2.45, 2.75) is 33.6 Å². The fourth-order valence-electron chi connectivity index (χ4n) is 2.97. The molecule has 0 fully saturated rings. The van der Waals surface area contributed by atoms with Crippen molar-refractivity contribution < 1.29 is 0 Å².